The van der Waals surface area contributed by atoms with Crippen molar-refractivity contribution in [1.29, 1.82) is 0 Å². The first kappa shape index (κ1) is 16.1. The molecule has 0 bridgehead atoms. The Bertz CT molecular complexity index is 1150. The van der Waals surface area contributed by atoms with Crippen LogP contribution in [-0.4, -0.2) is 17.9 Å². The van der Waals surface area contributed by atoms with E-state index in [2.05, 4.69) is 40.2 Å². The van der Waals surface area contributed by atoms with Gasteiger partial charge < -0.3 is 10.6 Å². The maximum absolute atomic E-state index is 11.8. The minimum atomic E-state index is -0.465. The summed E-state index contributed by atoms with van der Waals surface area (Å²) in [4.78, 5) is 18.5. The van der Waals surface area contributed by atoms with Gasteiger partial charge in [0, 0.05) is 29.2 Å². The first-order chi connectivity index (χ1) is 12.6. The molecule has 3 aromatic carbocycles. The summed E-state index contributed by atoms with van der Waals surface area (Å²) in [5.74, 6) is -0.465. The normalized spacial score (nSPS) is 11.0. The topological polar surface area (TPSA) is 59.2 Å². The van der Waals surface area contributed by atoms with Gasteiger partial charge in [-0.3, -0.25) is 9.78 Å². The van der Waals surface area contributed by atoms with E-state index in [9.17, 15) is 4.79 Å². The van der Waals surface area contributed by atoms with Crippen LogP contribution in [0.5, 0.6) is 0 Å². The molecule has 0 aliphatic heterocycles. The molecule has 26 heavy (non-hydrogen) atoms. The maximum Gasteiger partial charge on any atom is 0.250 e. The molecule has 2 N–H and O–H groups in total. The number of amides is 1. The van der Waals surface area contributed by atoms with E-state index < -0.39 is 5.91 Å². The Morgan fingerprint density at radius 3 is 2.42 bits per heavy atom. The predicted octanol–water partition coefficient (Wildman–Crippen LogP) is 4.56. The van der Waals surface area contributed by atoms with E-state index in [1.807, 2.05) is 44.3 Å². The van der Waals surface area contributed by atoms with Gasteiger partial charge in [0.15, 0.2) is 0 Å². The molecule has 1 heterocycles. The highest BCUT2D eigenvalue weighted by molar-refractivity contribution is 6.09. The number of pyridine rings is 1. The lowest BCUT2D eigenvalue weighted by atomic mass is 10.0. The van der Waals surface area contributed by atoms with Crippen molar-refractivity contribution in [2.75, 3.05) is 11.9 Å². The molecule has 0 fully saturated rings. The molecule has 4 aromatic rings. The lowest BCUT2D eigenvalue weighted by Gasteiger charge is -2.24. The molecule has 0 saturated carbocycles. The second-order valence-corrected chi connectivity index (χ2v) is 6.41. The summed E-state index contributed by atoms with van der Waals surface area (Å²) in [6, 6.07) is 22.1. The van der Waals surface area contributed by atoms with E-state index >= 15 is 0 Å². The fourth-order valence-corrected chi connectivity index (χ4v) is 3.46. The Hall–Kier alpha value is -3.40. The van der Waals surface area contributed by atoms with Crippen LogP contribution in [0.2, 0.25) is 0 Å². The van der Waals surface area contributed by atoms with Crippen LogP contribution in [0.4, 0.5) is 11.4 Å². The van der Waals surface area contributed by atoms with Crippen molar-refractivity contribution >= 4 is 39.0 Å². The predicted molar refractivity (Wildman–Crippen MR) is 107 cm³/mol. The summed E-state index contributed by atoms with van der Waals surface area (Å²) in [5, 5.41) is 3.26. The third kappa shape index (κ3) is 2.56. The zero-order valence-electron chi connectivity index (χ0n) is 14.7. The van der Waals surface area contributed by atoms with Crippen LogP contribution in [0.15, 0.2) is 66.7 Å². The van der Waals surface area contributed by atoms with Crippen LogP contribution >= 0.6 is 0 Å². The number of benzene rings is 3. The highest BCUT2D eigenvalue weighted by atomic mass is 16.1. The van der Waals surface area contributed by atoms with Crippen molar-refractivity contribution in [2.24, 2.45) is 5.73 Å². The maximum atomic E-state index is 11.8. The summed E-state index contributed by atoms with van der Waals surface area (Å²) in [7, 11) is 2.03. The summed E-state index contributed by atoms with van der Waals surface area (Å²) in [5.41, 5.74) is 9.56. The Morgan fingerprint density at radius 1 is 0.923 bits per heavy atom. The number of carbonyl (C=O) groups excluding carboxylic acids is 1. The van der Waals surface area contributed by atoms with Gasteiger partial charge in [0.05, 0.1) is 16.8 Å². The largest absolute Gasteiger partial charge is 0.366 e. The first-order valence-electron chi connectivity index (χ1n) is 8.48. The minimum Gasteiger partial charge on any atom is -0.366 e. The Morgan fingerprint density at radius 2 is 1.62 bits per heavy atom. The zero-order valence-corrected chi connectivity index (χ0v) is 14.7. The van der Waals surface area contributed by atoms with Crippen molar-refractivity contribution in [2.45, 2.75) is 6.92 Å². The van der Waals surface area contributed by atoms with Crippen LogP contribution in [0.25, 0.3) is 21.7 Å². The minimum absolute atomic E-state index is 0.443. The molecule has 4 nitrogen and oxygen atoms in total. The molecule has 0 atom stereocenters. The van der Waals surface area contributed by atoms with E-state index in [1.54, 1.807) is 6.07 Å². The molecule has 0 unspecified atom stereocenters. The standard InChI is InChI=1S/C22H19N3O/c1-14-13-20(17-10-6-11-18(22(23)26)21(17)24-14)25(2)19-12-5-8-15-7-3-4-9-16(15)19/h3-13H,1-2H3,(H2,23,26). The Kier molecular flexibility index (Phi) is 3.81. The number of anilines is 2. The molecule has 0 radical (unpaired) electrons. The Labute approximate surface area is 151 Å². The molecule has 0 saturated heterocycles. The van der Waals surface area contributed by atoms with Gasteiger partial charge in [-0.15, -0.1) is 0 Å². The molecule has 1 amide bonds. The number of rotatable bonds is 3. The lowest BCUT2D eigenvalue weighted by molar-refractivity contribution is 0.100. The van der Waals surface area contributed by atoms with E-state index in [0.717, 1.165) is 22.5 Å². The summed E-state index contributed by atoms with van der Waals surface area (Å²) in [6.45, 7) is 1.93. The average molecular weight is 341 g/mol. The number of primary amides is 1. The lowest BCUT2D eigenvalue weighted by Crippen LogP contribution is -2.14. The van der Waals surface area contributed by atoms with E-state index in [-0.39, 0.29) is 0 Å². The highest BCUT2D eigenvalue weighted by Gasteiger charge is 2.16. The molecule has 0 aliphatic rings. The second-order valence-electron chi connectivity index (χ2n) is 6.41. The number of hydrogen-bond acceptors (Lipinski definition) is 3. The molecule has 4 heteroatoms. The SMILES string of the molecule is Cc1cc(N(C)c2cccc3ccccc23)c2cccc(C(N)=O)c2n1. The number of fused-ring (bicyclic) bond motifs is 2. The van der Waals surface area contributed by atoms with E-state index in [1.165, 1.54) is 10.8 Å². The van der Waals surface area contributed by atoms with Gasteiger partial charge >= 0.3 is 0 Å². The van der Waals surface area contributed by atoms with Gasteiger partial charge in [-0.1, -0.05) is 48.5 Å². The van der Waals surface area contributed by atoms with Crippen molar-refractivity contribution in [1.82, 2.24) is 4.98 Å². The van der Waals surface area contributed by atoms with Crippen LogP contribution in [0, 0.1) is 6.92 Å². The molecular weight excluding hydrogens is 322 g/mol. The van der Waals surface area contributed by atoms with Gasteiger partial charge in [-0.2, -0.15) is 0 Å². The van der Waals surface area contributed by atoms with Crippen molar-refractivity contribution in [3.05, 3.63) is 78.0 Å². The van der Waals surface area contributed by atoms with E-state index in [4.69, 9.17) is 5.73 Å². The second kappa shape index (κ2) is 6.15. The first-order valence-corrected chi connectivity index (χ1v) is 8.48. The number of para-hydroxylation sites is 1. The molecule has 128 valence electrons. The van der Waals surface area contributed by atoms with E-state index in [0.29, 0.717) is 11.1 Å². The zero-order chi connectivity index (χ0) is 18.3. The van der Waals surface area contributed by atoms with Crippen molar-refractivity contribution < 1.29 is 4.79 Å². The number of hydrogen-bond donors (Lipinski definition) is 1. The van der Waals surface area contributed by atoms with Crippen LogP contribution < -0.4 is 10.6 Å². The highest BCUT2D eigenvalue weighted by Crippen LogP contribution is 2.35. The molecular formula is C22H19N3O. The monoisotopic (exact) mass is 341 g/mol. The third-order valence-corrected chi connectivity index (χ3v) is 4.70. The Balaban J connectivity index is 1.99. The van der Waals surface area contributed by atoms with Crippen LogP contribution in [-0.2, 0) is 0 Å². The van der Waals surface area contributed by atoms with Gasteiger partial charge in [0.25, 0.3) is 5.91 Å². The number of carbonyl (C=O) groups is 1. The molecule has 0 aliphatic carbocycles. The molecule has 4 rings (SSSR count). The fourth-order valence-electron chi connectivity index (χ4n) is 3.46. The van der Waals surface area contributed by atoms with Crippen LogP contribution in [0.3, 0.4) is 0 Å². The smallest absolute Gasteiger partial charge is 0.250 e. The fraction of sp³-hybridized carbons (Fsp3) is 0.0909. The number of aromatic nitrogens is 1. The summed E-state index contributed by atoms with van der Waals surface area (Å²) in [6.07, 6.45) is 0. The van der Waals surface area contributed by atoms with Gasteiger partial charge in [0.1, 0.15) is 0 Å². The number of aryl methyl sites for hydroxylation is 1. The number of nitrogens with zero attached hydrogens (tertiary/aromatic N) is 2. The summed E-state index contributed by atoms with van der Waals surface area (Å²) >= 11 is 0. The molecule has 0 spiro atoms. The molecule has 1 aromatic heterocycles. The van der Waals surface area contributed by atoms with Crippen molar-refractivity contribution in [3.8, 4) is 0 Å². The number of nitrogens with two attached hydrogens (primary N) is 1. The van der Waals surface area contributed by atoms with Gasteiger partial charge in [-0.25, -0.2) is 0 Å². The van der Waals surface area contributed by atoms with Crippen molar-refractivity contribution in [3.63, 3.8) is 0 Å². The van der Waals surface area contributed by atoms with Gasteiger partial charge in [0.2, 0.25) is 0 Å². The van der Waals surface area contributed by atoms with Crippen LogP contribution in [0.1, 0.15) is 16.1 Å². The summed E-state index contributed by atoms with van der Waals surface area (Å²) < 4.78 is 0. The average Bonchev–Trinajstić information content (AvgIpc) is 2.65. The third-order valence-electron chi connectivity index (χ3n) is 4.70. The quantitative estimate of drug-likeness (QED) is 0.594. The van der Waals surface area contributed by atoms with Gasteiger partial charge in [-0.05, 0) is 30.5 Å².